The molecule has 0 bridgehead atoms. The van der Waals surface area contributed by atoms with Crippen LogP contribution in [0.1, 0.15) is 23.3 Å². The Morgan fingerprint density at radius 3 is 2.52 bits per heavy atom. The van der Waals surface area contributed by atoms with Gasteiger partial charge in [-0.3, -0.25) is 19.6 Å². The lowest BCUT2D eigenvalue weighted by Crippen LogP contribution is -2.55. The van der Waals surface area contributed by atoms with Crippen LogP contribution in [0.2, 0.25) is 0 Å². The molecule has 1 aromatic heterocycles. The fourth-order valence-electron chi connectivity index (χ4n) is 2.84. The van der Waals surface area contributed by atoms with E-state index in [-0.39, 0.29) is 11.8 Å². The summed E-state index contributed by atoms with van der Waals surface area (Å²) in [5.41, 5.74) is 5.54. The summed E-state index contributed by atoms with van der Waals surface area (Å²) in [5.74, 6) is -0.535. The average Bonchev–Trinajstić information content (AvgIpc) is 2.90. The molecule has 112 valence electrons. The number of piperidine rings is 1. The maximum atomic E-state index is 12.4. The van der Waals surface area contributed by atoms with E-state index in [9.17, 15) is 14.4 Å². The summed E-state index contributed by atoms with van der Waals surface area (Å²) in [6.07, 6.45) is 2.20. The van der Waals surface area contributed by atoms with Gasteiger partial charge in [0.2, 0.25) is 0 Å². The molecule has 21 heavy (non-hydrogen) atoms. The van der Waals surface area contributed by atoms with Crippen molar-refractivity contribution in [3.05, 3.63) is 11.9 Å². The number of rotatable bonds is 1. The van der Waals surface area contributed by atoms with Crippen LogP contribution < -0.4 is 16.4 Å². The standard InChI is InChI=1S/C12H16N6O3/c1-17-8(7(13)6-14-17)9(19)18-4-2-12(3-5-18)10(20)15-11(21)16-12/h6H,2-5,13H2,1H3,(H2,15,16,20,21). The highest BCUT2D eigenvalue weighted by molar-refractivity contribution is 6.07. The summed E-state index contributed by atoms with van der Waals surface area (Å²) in [6, 6.07) is -0.476. The van der Waals surface area contributed by atoms with Gasteiger partial charge in [0.25, 0.3) is 11.8 Å². The summed E-state index contributed by atoms with van der Waals surface area (Å²) in [6.45, 7) is 0.744. The number of carbonyl (C=O) groups is 3. The first-order valence-electron chi connectivity index (χ1n) is 6.63. The first kappa shape index (κ1) is 13.4. The van der Waals surface area contributed by atoms with Gasteiger partial charge in [-0.2, -0.15) is 5.10 Å². The maximum Gasteiger partial charge on any atom is 0.322 e. The zero-order chi connectivity index (χ0) is 15.2. The van der Waals surface area contributed by atoms with Crippen molar-refractivity contribution in [1.82, 2.24) is 25.3 Å². The molecule has 0 radical (unpaired) electrons. The van der Waals surface area contributed by atoms with E-state index in [1.807, 2.05) is 0 Å². The second-order valence-corrected chi connectivity index (χ2v) is 5.35. The van der Waals surface area contributed by atoms with Gasteiger partial charge in [-0.1, -0.05) is 0 Å². The van der Waals surface area contributed by atoms with E-state index in [1.165, 1.54) is 10.9 Å². The van der Waals surface area contributed by atoms with Crippen molar-refractivity contribution in [3.8, 4) is 0 Å². The second-order valence-electron chi connectivity index (χ2n) is 5.35. The van der Waals surface area contributed by atoms with Crippen LogP contribution in [0.15, 0.2) is 6.20 Å². The largest absolute Gasteiger partial charge is 0.396 e. The Bertz CT molecular complexity index is 609. The monoisotopic (exact) mass is 292 g/mol. The average molecular weight is 292 g/mol. The number of anilines is 1. The van der Waals surface area contributed by atoms with Crippen molar-refractivity contribution in [1.29, 1.82) is 0 Å². The molecule has 3 rings (SSSR count). The molecule has 2 fully saturated rings. The predicted octanol–water partition coefficient (Wildman–Crippen LogP) is -1.18. The van der Waals surface area contributed by atoms with E-state index < -0.39 is 11.6 Å². The molecule has 2 saturated heterocycles. The Morgan fingerprint density at radius 2 is 2.05 bits per heavy atom. The molecule has 0 unspecified atom stereocenters. The van der Waals surface area contributed by atoms with Crippen LogP contribution in [0, 0.1) is 0 Å². The van der Waals surface area contributed by atoms with E-state index in [0.717, 1.165) is 0 Å². The van der Waals surface area contributed by atoms with Crippen molar-refractivity contribution < 1.29 is 14.4 Å². The molecule has 9 heteroatoms. The number of hydrogen-bond donors (Lipinski definition) is 3. The number of nitrogens with two attached hydrogens (primary N) is 1. The Balaban J connectivity index is 1.73. The topological polar surface area (TPSA) is 122 Å². The smallest absolute Gasteiger partial charge is 0.322 e. The number of aryl methyl sites for hydroxylation is 1. The summed E-state index contributed by atoms with van der Waals surface area (Å²) >= 11 is 0. The quantitative estimate of drug-likeness (QED) is 0.562. The lowest BCUT2D eigenvalue weighted by Gasteiger charge is -2.36. The Labute approximate surface area is 120 Å². The first-order chi connectivity index (χ1) is 9.93. The lowest BCUT2D eigenvalue weighted by molar-refractivity contribution is -0.125. The van der Waals surface area contributed by atoms with Crippen molar-refractivity contribution in [2.45, 2.75) is 18.4 Å². The summed E-state index contributed by atoms with van der Waals surface area (Å²) < 4.78 is 1.44. The van der Waals surface area contributed by atoms with E-state index in [2.05, 4.69) is 15.7 Å². The highest BCUT2D eigenvalue weighted by Gasteiger charge is 2.48. The Morgan fingerprint density at radius 1 is 1.38 bits per heavy atom. The van der Waals surface area contributed by atoms with Crippen LogP contribution in [0.25, 0.3) is 0 Å². The van der Waals surface area contributed by atoms with E-state index >= 15 is 0 Å². The van der Waals surface area contributed by atoms with Crippen LogP contribution in [0.4, 0.5) is 10.5 Å². The third-order valence-electron chi connectivity index (χ3n) is 4.09. The van der Waals surface area contributed by atoms with Crippen molar-refractivity contribution in [2.75, 3.05) is 18.8 Å². The zero-order valence-corrected chi connectivity index (χ0v) is 11.5. The van der Waals surface area contributed by atoms with Crippen LogP contribution >= 0.6 is 0 Å². The van der Waals surface area contributed by atoms with Crippen molar-refractivity contribution in [3.63, 3.8) is 0 Å². The summed E-state index contributed by atoms with van der Waals surface area (Å²) in [7, 11) is 1.65. The van der Waals surface area contributed by atoms with Gasteiger partial charge in [-0.25, -0.2) is 4.79 Å². The molecule has 0 aliphatic carbocycles. The first-order valence-corrected chi connectivity index (χ1v) is 6.63. The number of hydrogen-bond acceptors (Lipinski definition) is 5. The van der Waals surface area contributed by atoms with Crippen molar-refractivity contribution in [2.24, 2.45) is 7.05 Å². The highest BCUT2D eigenvalue weighted by Crippen LogP contribution is 2.26. The number of nitrogens with one attached hydrogen (secondary N) is 2. The number of carbonyl (C=O) groups excluding carboxylic acids is 3. The molecule has 0 saturated carbocycles. The molecule has 4 amide bonds. The Kier molecular flexibility index (Phi) is 2.85. The normalized spacial score (nSPS) is 20.5. The molecule has 2 aliphatic rings. The van der Waals surface area contributed by atoms with Gasteiger partial charge >= 0.3 is 6.03 Å². The molecular formula is C12H16N6O3. The molecule has 1 aromatic rings. The number of likely N-dealkylation sites (tertiary alicyclic amines) is 1. The van der Waals surface area contributed by atoms with Crippen LogP contribution in [0.3, 0.4) is 0 Å². The summed E-state index contributed by atoms with van der Waals surface area (Å²) in [4.78, 5) is 37.2. The van der Waals surface area contributed by atoms with E-state index in [0.29, 0.717) is 37.3 Å². The Hall–Kier alpha value is -2.58. The number of nitrogen functional groups attached to an aromatic ring is 1. The minimum Gasteiger partial charge on any atom is -0.396 e. The molecule has 3 heterocycles. The number of amides is 4. The molecule has 0 aromatic carbocycles. The predicted molar refractivity (Wildman–Crippen MR) is 72.2 cm³/mol. The van der Waals surface area contributed by atoms with Gasteiger partial charge in [0.15, 0.2) is 0 Å². The number of imide groups is 1. The second kappa shape index (κ2) is 4.47. The lowest BCUT2D eigenvalue weighted by atomic mass is 9.87. The minimum absolute atomic E-state index is 0.216. The van der Waals surface area contributed by atoms with Crippen LogP contribution in [-0.2, 0) is 11.8 Å². The number of aromatic nitrogens is 2. The highest BCUT2D eigenvalue weighted by atomic mass is 16.2. The molecule has 4 N–H and O–H groups in total. The van der Waals surface area contributed by atoms with Gasteiger partial charge in [0, 0.05) is 20.1 Å². The molecular weight excluding hydrogens is 276 g/mol. The maximum absolute atomic E-state index is 12.4. The third-order valence-corrected chi connectivity index (χ3v) is 4.09. The van der Waals surface area contributed by atoms with E-state index in [1.54, 1.807) is 11.9 Å². The zero-order valence-electron chi connectivity index (χ0n) is 11.5. The van der Waals surface area contributed by atoms with Crippen LogP contribution in [-0.4, -0.2) is 51.2 Å². The van der Waals surface area contributed by atoms with Gasteiger partial charge in [0.05, 0.1) is 11.9 Å². The number of nitrogens with zero attached hydrogens (tertiary/aromatic N) is 3. The SMILES string of the molecule is Cn1ncc(N)c1C(=O)N1CCC2(CC1)NC(=O)NC2=O. The van der Waals surface area contributed by atoms with Gasteiger partial charge in [0.1, 0.15) is 11.2 Å². The fourth-order valence-corrected chi connectivity index (χ4v) is 2.84. The molecule has 0 atom stereocenters. The molecule has 1 spiro atoms. The number of urea groups is 1. The van der Waals surface area contributed by atoms with Crippen LogP contribution in [0.5, 0.6) is 0 Å². The van der Waals surface area contributed by atoms with Gasteiger partial charge < -0.3 is 16.0 Å². The summed E-state index contributed by atoms with van der Waals surface area (Å²) in [5, 5.41) is 8.84. The van der Waals surface area contributed by atoms with Gasteiger partial charge in [-0.05, 0) is 12.8 Å². The molecule has 9 nitrogen and oxygen atoms in total. The minimum atomic E-state index is -0.883. The molecule has 2 aliphatic heterocycles. The van der Waals surface area contributed by atoms with E-state index in [4.69, 9.17) is 5.73 Å². The fraction of sp³-hybridized carbons (Fsp3) is 0.500. The van der Waals surface area contributed by atoms with Crippen molar-refractivity contribution >= 4 is 23.5 Å². The van der Waals surface area contributed by atoms with Gasteiger partial charge in [-0.15, -0.1) is 0 Å². The third kappa shape index (κ3) is 2.01.